The summed E-state index contributed by atoms with van der Waals surface area (Å²) in [7, 11) is 0. The number of rotatable bonds is 4. The number of carbonyl (C=O) groups excluding carboxylic acids is 1. The Bertz CT molecular complexity index is 800. The molecule has 2 N–H and O–H groups in total. The van der Waals surface area contributed by atoms with Gasteiger partial charge in [-0.2, -0.15) is 0 Å². The van der Waals surface area contributed by atoms with Gasteiger partial charge in [-0.15, -0.1) is 12.4 Å². The largest absolute Gasteiger partial charge is 0.326 e. The first kappa shape index (κ1) is 20.1. The van der Waals surface area contributed by atoms with Crippen LogP contribution < -0.4 is 10.6 Å². The SMILES string of the molecule is Cl.O=C(CC1CC2CCC(C1)N2)Nc1ccc(F)cc1-c1ccc(Cl)cc1. The van der Waals surface area contributed by atoms with Crippen LogP contribution in [0.3, 0.4) is 0 Å². The van der Waals surface area contributed by atoms with Gasteiger partial charge in [-0.25, -0.2) is 4.39 Å². The zero-order chi connectivity index (χ0) is 18.1. The minimum absolute atomic E-state index is 0. The third-order valence-corrected chi connectivity index (χ3v) is 5.71. The fourth-order valence-electron chi connectivity index (χ4n) is 4.30. The number of amides is 1. The van der Waals surface area contributed by atoms with Gasteiger partial charge >= 0.3 is 0 Å². The maximum Gasteiger partial charge on any atom is 0.224 e. The van der Waals surface area contributed by atoms with Gasteiger partial charge in [0.2, 0.25) is 5.91 Å². The third kappa shape index (κ3) is 4.81. The average molecular weight is 409 g/mol. The molecule has 2 atom stereocenters. The van der Waals surface area contributed by atoms with E-state index in [1.54, 1.807) is 18.2 Å². The number of hydrogen-bond acceptors (Lipinski definition) is 2. The summed E-state index contributed by atoms with van der Waals surface area (Å²) in [6, 6.07) is 12.8. The van der Waals surface area contributed by atoms with Gasteiger partial charge in [0, 0.05) is 34.8 Å². The summed E-state index contributed by atoms with van der Waals surface area (Å²) in [4.78, 5) is 12.6. The Morgan fingerprint density at radius 2 is 1.78 bits per heavy atom. The molecule has 0 aliphatic carbocycles. The second-order valence-electron chi connectivity index (χ2n) is 7.42. The van der Waals surface area contributed by atoms with E-state index in [9.17, 15) is 9.18 Å². The number of benzene rings is 2. The lowest BCUT2D eigenvalue weighted by atomic mass is 9.89. The number of nitrogens with one attached hydrogen (secondary N) is 2. The summed E-state index contributed by atoms with van der Waals surface area (Å²) in [6.45, 7) is 0. The van der Waals surface area contributed by atoms with E-state index in [1.165, 1.54) is 25.0 Å². The molecular weight excluding hydrogens is 386 g/mol. The Morgan fingerprint density at radius 3 is 2.44 bits per heavy atom. The molecule has 144 valence electrons. The van der Waals surface area contributed by atoms with Gasteiger partial charge in [0.15, 0.2) is 0 Å². The maximum atomic E-state index is 13.8. The first-order valence-corrected chi connectivity index (χ1v) is 9.56. The van der Waals surface area contributed by atoms with Crippen molar-refractivity contribution in [1.82, 2.24) is 5.32 Å². The monoisotopic (exact) mass is 408 g/mol. The molecule has 2 fully saturated rings. The summed E-state index contributed by atoms with van der Waals surface area (Å²) < 4.78 is 13.8. The first-order valence-electron chi connectivity index (χ1n) is 9.18. The molecule has 2 bridgehead atoms. The molecule has 0 saturated carbocycles. The Hall–Kier alpha value is -1.62. The Labute approximate surface area is 170 Å². The predicted molar refractivity (Wildman–Crippen MR) is 110 cm³/mol. The van der Waals surface area contributed by atoms with Crippen LogP contribution in [0.2, 0.25) is 5.02 Å². The molecule has 27 heavy (non-hydrogen) atoms. The highest BCUT2D eigenvalue weighted by molar-refractivity contribution is 6.30. The average Bonchev–Trinajstić information content (AvgIpc) is 2.96. The van der Waals surface area contributed by atoms with Gasteiger partial charge in [-0.05, 0) is 67.5 Å². The van der Waals surface area contributed by atoms with Crippen molar-refractivity contribution in [2.75, 3.05) is 5.32 Å². The summed E-state index contributed by atoms with van der Waals surface area (Å²) >= 11 is 5.94. The normalized spacial score (nSPS) is 23.6. The van der Waals surface area contributed by atoms with E-state index in [4.69, 9.17) is 11.6 Å². The highest BCUT2D eigenvalue weighted by Gasteiger charge is 2.34. The number of halogens is 3. The van der Waals surface area contributed by atoms with Crippen molar-refractivity contribution in [3.8, 4) is 11.1 Å². The fraction of sp³-hybridized carbons (Fsp3) is 0.381. The molecule has 6 heteroatoms. The number of fused-ring (bicyclic) bond motifs is 2. The minimum Gasteiger partial charge on any atom is -0.326 e. The van der Waals surface area contributed by atoms with Crippen LogP contribution in [0.4, 0.5) is 10.1 Å². The van der Waals surface area contributed by atoms with Gasteiger partial charge in [-0.3, -0.25) is 4.79 Å². The van der Waals surface area contributed by atoms with Gasteiger partial charge in [0.25, 0.3) is 0 Å². The number of anilines is 1. The van der Waals surface area contributed by atoms with Gasteiger partial charge in [0.05, 0.1) is 0 Å². The third-order valence-electron chi connectivity index (χ3n) is 5.46. The standard InChI is InChI=1S/C21H22ClFN2O.ClH/c22-15-3-1-14(2-4-15)19-12-16(23)5-8-20(19)25-21(26)11-13-9-17-6-7-18(10-13)24-17;/h1-5,8,12-13,17-18,24H,6-7,9-11H2,(H,25,26);1H. The second-order valence-corrected chi connectivity index (χ2v) is 7.86. The molecule has 0 radical (unpaired) electrons. The van der Waals surface area contributed by atoms with E-state index in [0.29, 0.717) is 40.7 Å². The van der Waals surface area contributed by atoms with Gasteiger partial charge in [0.1, 0.15) is 5.82 Å². The van der Waals surface area contributed by atoms with Crippen LogP contribution >= 0.6 is 24.0 Å². The van der Waals surface area contributed by atoms with Crippen molar-refractivity contribution < 1.29 is 9.18 Å². The summed E-state index contributed by atoms with van der Waals surface area (Å²) in [6.07, 6.45) is 5.10. The van der Waals surface area contributed by atoms with E-state index in [1.807, 2.05) is 12.1 Å². The number of hydrogen-bond donors (Lipinski definition) is 2. The summed E-state index contributed by atoms with van der Waals surface area (Å²) in [5, 5.41) is 7.21. The molecule has 4 rings (SSSR count). The lowest BCUT2D eigenvalue weighted by molar-refractivity contribution is -0.117. The van der Waals surface area contributed by atoms with Crippen LogP contribution in [0.5, 0.6) is 0 Å². The second kappa shape index (κ2) is 8.59. The molecule has 2 aromatic rings. The number of carbonyl (C=O) groups is 1. The topological polar surface area (TPSA) is 41.1 Å². The molecule has 2 aliphatic heterocycles. The van der Waals surface area contributed by atoms with Crippen LogP contribution in [0.25, 0.3) is 11.1 Å². The smallest absolute Gasteiger partial charge is 0.224 e. The molecule has 0 aromatic heterocycles. The van der Waals surface area contributed by atoms with Crippen molar-refractivity contribution in [3.05, 3.63) is 53.3 Å². The Morgan fingerprint density at radius 1 is 1.11 bits per heavy atom. The fourth-order valence-corrected chi connectivity index (χ4v) is 4.42. The molecule has 2 heterocycles. The van der Waals surface area contributed by atoms with Crippen molar-refractivity contribution in [3.63, 3.8) is 0 Å². The van der Waals surface area contributed by atoms with Crippen molar-refractivity contribution >= 4 is 35.6 Å². The summed E-state index contributed by atoms with van der Waals surface area (Å²) in [5.41, 5.74) is 2.13. The van der Waals surface area contributed by atoms with Crippen molar-refractivity contribution in [1.29, 1.82) is 0 Å². The molecule has 2 aliphatic rings. The minimum atomic E-state index is -0.331. The lowest BCUT2D eigenvalue weighted by Gasteiger charge is -2.28. The van der Waals surface area contributed by atoms with Gasteiger partial charge < -0.3 is 10.6 Å². The molecular formula is C21H23Cl2FN2O. The number of piperidine rings is 1. The van der Waals surface area contributed by atoms with Crippen molar-refractivity contribution in [2.45, 2.75) is 44.2 Å². The molecule has 1 amide bonds. The van der Waals surface area contributed by atoms with Crippen LogP contribution in [0.15, 0.2) is 42.5 Å². The summed E-state index contributed by atoms with van der Waals surface area (Å²) in [5.74, 6) is 0.0918. The highest BCUT2D eigenvalue weighted by Crippen LogP contribution is 2.34. The van der Waals surface area contributed by atoms with Crippen LogP contribution in [-0.2, 0) is 4.79 Å². The van der Waals surface area contributed by atoms with Crippen LogP contribution in [0, 0.1) is 11.7 Å². The molecule has 2 aromatic carbocycles. The highest BCUT2D eigenvalue weighted by atomic mass is 35.5. The lowest BCUT2D eigenvalue weighted by Crippen LogP contribution is -2.39. The first-order chi connectivity index (χ1) is 12.6. The van der Waals surface area contributed by atoms with Crippen LogP contribution in [-0.4, -0.2) is 18.0 Å². The Balaban J connectivity index is 0.00000210. The molecule has 3 nitrogen and oxygen atoms in total. The quantitative estimate of drug-likeness (QED) is 0.707. The van der Waals surface area contributed by atoms with E-state index in [-0.39, 0.29) is 24.1 Å². The maximum absolute atomic E-state index is 13.8. The van der Waals surface area contributed by atoms with E-state index < -0.39 is 0 Å². The van der Waals surface area contributed by atoms with E-state index in [2.05, 4.69) is 10.6 Å². The van der Waals surface area contributed by atoms with E-state index >= 15 is 0 Å². The Kier molecular flexibility index (Phi) is 6.40. The zero-order valence-corrected chi connectivity index (χ0v) is 16.5. The molecule has 2 unspecified atom stereocenters. The van der Waals surface area contributed by atoms with Crippen molar-refractivity contribution in [2.24, 2.45) is 5.92 Å². The zero-order valence-electron chi connectivity index (χ0n) is 14.9. The molecule has 0 spiro atoms. The van der Waals surface area contributed by atoms with Crippen LogP contribution in [0.1, 0.15) is 32.1 Å². The predicted octanol–water partition coefficient (Wildman–Crippen LogP) is 5.43. The van der Waals surface area contributed by atoms with E-state index in [0.717, 1.165) is 18.4 Å². The van der Waals surface area contributed by atoms with Gasteiger partial charge in [-0.1, -0.05) is 23.7 Å². The molecule has 2 saturated heterocycles.